The Bertz CT molecular complexity index is 646. The van der Waals surface area contributed by atoms with E-state index in [4.69, 9.17) is 32.7 Å². The Balaban J connectivity index is 2.30. The van der Waals surface area contributed by atoms with Crippen LogP contribution in [0.2, 0.25) is 10.0 Å². The molecule has 0 aliphatic heterocycles. The number of hydrogen-bond acceptors (Lipinski definition) is 3. The minimum absolute atomic E-state index is 0.0867. The molecular formula is C16H14Cl2O3. The van der Waals surface area contributed by atoms with Crippen molar-refractivity contribution in [2.24, 2.45) is 0 Å². The first-order valence-corrected chi connectivity index (χ1v) is 7.00. The van der Waals surface area contributed by atoms with E-state index in [1.165, 1.54) is 14.2 Å². The van der Waals surface area contributed by atoms with Crippen LogP contribution in [0.3, 0.4) is 0 Å². The molecule has 0 aromatic heterocycles. The van der Waals surface area contributed by atoms with Gasteiger partial charge < -0.3 is 9.47 Å². The number of ketones is 1. The van der Waals surface area contributed by atoms with Crippen LogP contribution in [-0.2, 0) is 6.42 Å². The second kappa shape index (κ2) is 6.83. The van der Waals surface area contributed by atoms with Crippen LogP contribution in [0.5, 0.6) is 11.5 Å². The number of rotatable bonds is 5. The molecule has 110 valence electrons. The maximum atomic E-state index is 12.4. The van der Waals surface area contributed by atoms with E-state index in [0.717, 1.165) is 0 Å². The fourth-order valence-electron chi connectivity index (χ4n) is 1.93. The molecule has 0 saturated heterocycles. The Kier molecular flexibility index (Phi) is 5.10. The van der Waals surface area contributed by atoms with E-state index in [2.05, 4.69) is 0 Å². The zero-order valence-electron chi connectivity index (χ0n) is 11.7. The first kappa shape index (κ1) is 15.7. The Labute approximate surface area is 133 Å². The van der Waals surface area contributed by atoms with Gasteiger partial charge in [0.1, 0.15) is 11.5 Å². The standard InChI is InChI=1S/C16H14Cl2O3/c1-20-12-6-11(7-13(9-12)21-2)15(19)8-10-4-3-5-14(17)16(10)18/h3-7,9H,8H2,1-2H3. The first-order chi connectivity index (χ1) is 10.0. The third kappa shape index (κ3) is 3.69. The summed E-state index contributed by atoms with van der Waals surface area (Å²) in [7, 11) is 3.08. The van der Waals surface area contributed by atoms with E-state index in [1.54, 1.807) is 36.4 Å². The molecule has 3 nitrogen and oxygen atoms in total. The normalized spacial score (nSPS) is 10.3. The summed E-state index contributed by atoms with van der Waals surface area (Å²) in [5.74, 6) is 1.04. The fourth-order valence-corrected chi connectivity index (χ4v) is 2.32. The molecular weight excluding hydrogens is 311 g/mol. The molecule has 0 aliphatic rings. The van der Waals surface area contributed by atoms with E-state index < -0.39 is 0 Å². The smallest absolute Gasteiger partial charge is 0.167 e. The van der Waals surface area contributed by atoms with Crippen molar-refractivity contribution in [1.29, 1.82) is 0 Å². The molecule has 0 fully saturated rings. The lowest BCUT2D eigenvalue weighted by atomic mass is 10.0. The van der Waals surface area contributed by atoms with Crippen molar-refractivity contribution in [2.45, 2.75) is 6.42 Å². The van der Waals surface area contributed by atoms with Crippen LogP contribution in [0, 0.1) is 0 Å². The highest BCUT2D eigenvalue weighted by atomic mass is 35.5. The van der Waals surface area contributed by atoms with Crippen molar-refractivity contribution >= 4 is 29.0 Å². The minimum Gasteiger partial charge on any atom is -0.497 e. The van der Waals surface area contributed by atoms with Crippen molar-refractivity contribution in [3.63, 3.8) is 0 Å². The first-order valence-electron chi connectivity index (χ1n) is 6.24. The van der Waals surface area contributed by atoms with Crippen LogP contribution in [0.25, 0.3) is 0 Å². The molecule has 0 radical (unpaired) electrons. The van der Waals surface area contributed by atoms with E-state index in [9.17, 15) is 4.79 Å². The zero-order chi connectivity index (χ0) is 15.4. The van der Waals surface area contributed by atoms with Gasteiger partial charge in [0.2, 0.25) is 0 Å². The summed E-state index contributed by atoms with van der Waals surface area (Å²) in [6.45, 7) is 0. The van der Waals surface area contributed by atoms with E-state index in [-0.39, 0.29) is 12.2 Å². The summed E-state index contributed by atoms with van der Waals surface area (Å²) < 4.78 is 10.3. The topological polar surface area (TPSA) is 35.5 Å². The fraction of sp³-hybridized carbons (Fsp3) is 0.188. The Morgan fingerprint density at radius 3 is 2.24 bits per heavy atom. The minimum atomic E-state index is -0.0867. The van der Waals surface area contributed by atoms with Gasteiger partial charge in [-0.05, 0) is 23.8 Å². The summed E-state index contributed by atoms with van der Waals surface area (Å²) in [6.07, 6.45) is 0.162. The molecule has 2 rings (SSSR count). The average molecular weight is 325 g/mol. The molecule has 0 atom stereocenters. The van der Waals surface area contributed by atoms with Crippen molar-refractivity contribution in [3.05, 3.63) is 57.6 Å². The van der Waals surface area contributed by atoms with Crippen LogP contribution in [-0.4, -0.2) is 20.0 Å². The van der Waals surface area contributed by atoms with Crippen molar-refractivity contribution in [1.82, 2.24) is 0 Å². The van der Waals surface area contributed by atoms with Crippen LogP contribution < -0.4 is 9.47 Å². The molecule has 0 saturated carbocycles. The molecule has 0 heterocycles. The quantitative estimate of drug-likeness (QED) is 0.763. The zero-order valence-corrected chi connectivity index (χ0v) is 13.2. The lowest BCUT2D eigenvalue weighted by Crippen LogP contribution is -2.05. The van der Waals surface area contributed by atoms with Gasteiger partial charge in [0.25, 0.3) is 0 Å². The molecule has 0 aliphatic carbocycles. The van der Waals surface area contributed by atoms with Crippen molar-refractivity contribution in [3.8, 4) is 11.5 Å². The number of hydrogen-bond donors (Lipinski definition) is 0. The second-order valence-corrected chi connectivity index (χ2v) is 5.20. The summed E-state index contributed by atoms with van der Waals surface area (Å²) in [6, 6.07) is 10.3. The van der Waals surface area contributed by atoms with Gasteiger partial charge in [-0.2, -0.15) is 0 Å². The predicted octanol–water partition coefficient (Wildman–Crippen LogP) is 4.44. The number of Topliss-reactive ketones (excluding diaryl/α,β-unsaturated/α-hetero) is 1. The van der Waals surface area contributed by atoms with E-state index >= 15 is 0 Å². The summed E-state index contributed by atoms with van der Waals surface area (Å²) >= 11 is 12.1. The SMILES string of the molecule is COc1cc(OC)cc(C(=O)Cc2cccc(Cl)c2Cl)c1. The molecule has 0 spiro atoms. The summed E-state index contributed by atoms with van der Waals surface area (Å²) in [5, 5.41) is 0.840. The Hall–Kier alpha value is -1.71. The number of methoxy groups -OCH3 is 2. The molecule has 5 heteroatoms. The highest BCUT2D eigenvalue weighted by molar-refractivity contribution is 6.42. The molecule has 21 heavy (non-hydrogen) atoms. The maximum absolute atomic E-state index is 12.4. The van der Waals surface area contributed by atoms with Gasteiger partial charge in [0, 0.05) is 18.1 Å². The lowest BCUT2D eigenvalue weighted by Gasteiger charge is -2.09. The number of carbonyl (C=O) groups excluding carboxylic acids is 1. The molecule has 0 unspecified atom stereocenters. The van der Waals surface area contributed by atoms with Gasteiger partial charge in [-0.25, -0.2) is 0 Å². The van der Waals surface area contributed by atoms with Crippen LogP contribution in [0.1, 0.15) is 15.9 Å². The van der Waals surface area contributed by atoms with Crippen molar-refractivity contribution < 1.29 is 14.3 Å². The molecule has 0 amide bonds. The predicted molar refractivity (Wildman–Crippen MR) is 84.0 cm³/mol. The second-order valence-electron chi connectivity index (χ2n) is 4.41. The highest BCUT2D eigenvalue weighted by Gasteiger charge is 2.13. The molecule has 0 bridgehead atoms. The average Bonchev–Trinajstić information content (AvgIpc) is 2.51. The van der Waals surface area contributed by atoms with Gasteiger partial charge in [0.05, 0.1) is 24.3 Å². The van der Waals surface area contributed by atoms with E-state index in [1.807, 2.05) is 0 Å². The molecule has 2 aromatic carbocycles. The number of ether oxygens (including phenoxy) is 2. The summed E-state index contributed by atoms with van der Waals surface area (Å²) in [5.41, 5.74) is 1.19. The monoisotopic (exact) mass is 324 g/mol. The van der Waals surface area contributed by atoms with Crippen LogP contribution in [0.4, 0.5) is 0 Å². The molecule has 2 aromatic rings. The third-order valence-electron chi connectivity index (χ3n) is 3.06. The number of carbonyl (C=O) groups is 1. The number of benzene rings is 2. The van der Waals surface area contributed by atoms with Crippen LogP contribution >= 0.6 is 23.2 Å². The van der Waals surface area contributed by atoms with Gasteiger partial charge in [0.15, 0.2) is 5.78 Å². The number of halogens is 2. The third-order valence-corrected chi connectivity index (χ3v) is 3.91. The highest BCUT2D eigenvalue weighted by Crippen LogP contribution is 2.28. The van der Waals surface area contributed by atoms with Gasteiger partial charge in [-0.1, -0.05) is 35.3 Å². The van der Waals surface area contributed by atoms with Gasteiger partial charge in [-0.3, -0.25) is 4.79 Å². The Morgan fingerprint density at radius 1 is 1.05 bits per heavy atom. The van der Waals surface area contributed by atoms with Gasteiger partial charge >= 0.3 is 0 Å². The van der Waals surface area contributed by atoms with Crippen LogP contribution in [0.15, 0.2) is 36.4 Å². The summed E-state index contributed by atoms with van der Waals surface area (Å²) in [4.78, 5) is 12.4. The Morgan fingerprint density at radius 2 is 1.67 bits per heavy atom. The van der Waals surface area contributed by atoms with E-state index in [0.29, 0.717) is 32.7 Å². The van der Waals surface area contributed by atoms with Crippen molar-refractivity contribution in [2.75, 3.05) is 14.2 Å². The van der Waals surface area contributed by atoms with Gasteiger partial charge in [-0.15, -0.1) is 0 Å². The lowest BCUT2D eigenvalue weighted by molar-refractivity contribution is 0.0992. The largest absolute Gasteiger partial charge is 0.497 e. The molecule has 0 N–H and O–H groups in total. The maximum Gasteiger partial charge on any atom is 0.167 e.